The maximum atomic E-state index is 13.2. The van der Waals surface area contributed by atoms with E-state index in [1.807, 2.05) is 11.4 Å². The topological polar surface area (TPSA) is 70.7 Å². The number of fused-ring (bicyclic) bond motifs is 1. The van der Waals surface area contributed by atoms with E-state index in [4.69, 9.17) is 0 Å². The van der Waals surface area contributed by atoms with Crippen LogP contribution < -0.4 is 5.32 Å². The summed E-state index contributed by atoms with van der Waals surface area (Å²) in [6, 6.07) is 11.5. The van der Waals surface area contributed by atoms with E-state index < -0.39 is 0 Å². The number of carbonyl (C=O) groups excluding carboxylic acids is 1. The van der Waals surface area contributed by atoms with Crippen LogP contribution in [0.1, 0.15) is 5.56 Å². The van der Waals surface area contributed by atoms with Gasteiger partial charge in [0.05, 0.1) is 23.0 Å². The Labute approximate surface area is 146 Å². The van der Waals surface area contributed by atoms with Crippen molar-refractivity contribution in [3.63, 3.8) is 0 Å². The number of aromatic amines is 1. The van der Waals surface area contributed by atoms with Gasteiger partial charge in [-0.3, -0.25) is 4.79 Å². The minimum atomic E-state index is -0.349. The average Bonchev–Trinajstić information content (AvgIpc) is 3.23. The molecule has 1 amide bonds. The number of rotatable bonds is 4. The fourth-order valence-electron chi connectivity index (χ4n) is 2.57. The number of carbonyl (C=O) groups is 1. The Morgan fingerprint density at radius 1 is 1.24 bits per heavy atom. The zero-order chi connectivity index (χ0) is 17.2. The Hall–Kier alpha value is -3.06. The van der Waals surface area contributed by atoms with E-state index in [9.17, 15) is 9.18 Å². The Morgan fingerprint density at radius 3 is 2.96 bits per heavy atom. The number of benzene rings is 2. The lowest BCUT2D eigenvalue weighted by Gasteiger charge is -2.05. The lowest BCUT2D eigenvalue weighted by Crippen LogP contribution is -2.14. The van der Waals surface area contributed by atoms with E-state index in [0.717, 1.165) is 16.7 Å². The second-order valence-corrected chi connectivity index (χ2v) is 6.26. The monoisotopic (exact) mass is 352 g/mol. The third-order valence-electron chi connectivity index (χ3n) is 3.70. The molecule has 5 nitrogen and oxygen atoms in total. The molecule has 4 rings (SSSR count). The summed E-state index contributed by atoms with van der Waals surface area (Å²) in [5, 5.41) is 4.73. The quantitative estimate of drug-likeness (QED) is 0.583. The molecule has 0 fully saturated rings. The molecule has 4 aromatic rings. The maximum absolute atomic E-state index is 13.2. The predicted octanol–water partition coefficient (Wildman–Crippen LogP) is 4.01. The molecule has 2 aromatic carbocycles. The maximum Gasteiger partial charge on any atom is 0.228 e. The van der Waals surface area contributed by atoms with Crippen molar-refractivity contribution in [2.24, 2.45) is 0 Å². The molecule has 0 aliphatic carbocycles. The molecule has 0 saturated carbocycles. The third kappa shape index (κ3) is 3.41. The minimum absolute atomic E-state index is 0.112. The first kappa shape index (κ1) is 15.5. The van der Waals surface area contributed by atoms with E-state index in [2.05, 4.69) is 20.3 Å². The fraction of sp³-hybridized carbons (Fsp3) is 0.0556. The summed E-state index contributed by atoms with van der Waals surface area (Å²) < 4.78 is 13.2. The van der Waals surface area contributed by atoms with Gasteiger partial charge in [0.2, 0.25) is 5.91 Å². The number of imidazole rings is 1. The SMILES string of the molecule is O=C(Cc1cccc(F)c1)Nc1ccc2[nH]c(-c3cscn3)nc2c1. The van der Waals surface area contributed by atoms with E-state index >= 15 is 0 Å². The third-order valence-corrected chi connectivity index (χ3v) is 4.28. The first-order valence-electron chi connectivity index (χ1n) is 7.60. The van der Waals surface area contributed by atoms with Crippen molar-refractivity contribution in [2.45, 2.75) is 6.42 Å². The molecule has 7 heteroatoms. The van der Waals surface area contributed by atoms with Crippen LogP contribution in [0.5, 0.6) is 0 Å². The van der Waals surface area contributed by atoms with Crippen molar-refractivity contribution in [2.75, 3.05) is 5.32 Å². The molecule has 0 saturated heterocycles. The van der Waals surface area contributed by atoms with Crippen LogP contribution in [0.15, 0.2) is 53.4 Å². The molecular weight excluding hydrogens is 339 g/mol. The van der Waals surface area contributed by atoms with Crippen molar-refractivity contribution in [3.8, 4) is 11.5 Å². The van der Waals surface area contributed by atoms with Gasteiger partial charge in [-0.2, -0.15) is 0 Å². The molecule has 25 heavy (non-hydrogen) atoms. The number of H-pyrrole nitrogens is 1. The number of aromatic nitrogens is 3. The summed E-state index contributed by atoms with van der Waals surface area (Å²) >= 11 is 1.50. The molecule has 2 aromatic heterocycles. The number of nitrogens with zero attached hydrogens (tertiary/aromatic N) is 2. The van der Waals surface area contributed by atoms with Gasteiger partial charge in [0.15, 0.2) is 5.82 Å². The van der Waals surface area contributed by atoms with Crippen LogP contribution in [0, 0.1) is 5.82 Å². The number of hydrogen-bond acceptors (Lipinski definition) is 4. The van der Waals surface area contributed by atoms with Gasteiger partial charge in [-0.15, -0.1) is 11.3 Å². The number of thiazole rings is 1. The standard InChI is InChI=1S/C18H13FN4OS/c19-12-3-1-2-11(6-12)7-17(24)21-13-4-5-14-15(8-13)23-18(22-14)16-9-25-10-20-16/h1-6,8-10H,7H2,(H,21,24)(H,22,23). The summed E-state index contributed by atoms with van der Waals surface area (Å²) in [6.45, 7) is 0. The Balaban J connectivity index is 1.52. The van der Waals surface area contributed by atoms with Crippen LogP contribution in [0.25, 0.3) is 22.6 Å². The van der Waals surface area contributed by atoms with Crippen LogP contribution in [-0.4, -0.2) is 20.9 Å². The predicted molar refractivity (Wildman–Crippen MR) is 95.9 cm³/mol. The van der Waals surface area contributed by atoms with Crippen LogP contribution in [0.3, 0.4) is 0 Å². The fourth-order valence-corrected chi connectivity index (χ4v) is 3.11. The van der Waals surface area contributed by atoms with Crippen molar-refractivity contribution in [3.05, 3.63) is 64.7 Å². The highest BCUT2D eigenvalue weighted by Gasteiger charge is 2.09. The lowest BCUT2D eigenvalue weighted by atomic mass is 10.1. The summed E-state index contributed by atoms with van der Waals surface area (Å²) in [7, 11) is 0. The molecule has 0 atom stereocenters. The molecular formula is C18H13FN4OS. The summed E-state index contributed by atoms with van der Waals surface area (Å²) in [6.07, 6.45) is 0.112. The van der Waals surface area contributed by atoms with Gasteiger partial charge in [0.1, 0.15) is 11.5 Å². The first-order chi connectivity index (χ1) is 12.2. The summed E-state index contributed by atoms with van der Waals surface area (Å²) in [4.78, 5) is 24.1. The smallest absolute Gasteiger partial charge is 0.228 e. The second kappa shape index (κ2) is 6.45. The van der Waals surface area contributed by atoms with Gasteiger partial charge >= 0.3 is 0 Å². The second-order valence-electron chi connectivity index (χ2n) is 5.55. The zero-order valence-electron chi connectivity index (χ0n) is 13.0. The highest BCUT2D eigenvalue weighted by molar-refractivity contribution is 7.07. The van der Waals surface area contributed by atoms with Gasteiger partial charge < -0.3 is 10.3 Å². The van der Waals surface area contributed by atoms with Crippen molar-refractivity contribution >= 4 is 34.0 Å². The summed E-state index contributed by atoms with van der Waals surface area (Å²) in [5.74, 6) is 0.137. The summed E-state index contributed by atoms with van der Waals surface area (Å²) in [5.41, 5.74) is 5.42. The molecule has 0 aliphatic heterocycles. The normalized spacial score (nSPS) is 10.9. The molecule has 2 heterocycles. The van der Waals surface area contributed by atoms with E-state index in [1.165, 1.54) is 23.5 Å². The van der Waals surface area contributed by atoms with E-state index in [-0.39, 0.29) is 18.1 Å². The highest BCUT2D eigenvalue weighted by Crippen LogP contribution is 2.22. The molecule has 0 spiro atoms. The van der Waals surface area contributed by atoms with Gasteiger partial charge in [-0.05, 0) is 35.9 Å². The lowest BCUT2D eigenvalue weighted by molar-refractivity contribution is -0.115. The number of halogens is 1. The van der Waals surface area contributed by atoms with Gasteiger partial charge in [0.25, 0.3) is 0 Å². The molecule has 0 radical (unpaired) electrons. The Bertz CT molecular complexity index is 1040. The minimum Gasteiger partial charge on any atom is -0.337 e. The zero-order valence-corrected chi connectivity index (χ0v) is 13.8. The van der Waals surface area contributed by atoms with Crippen molar-refractivity contribution in [1.29, 1.82) is 0 Å². The van der Waals surface area contributed by atoms with E-state index in [1.54, 1.807) is 29.8 Å². The van der Waals surface area contributed by atoms with E-state index in [0.29, 0.717) is 17.1 Å². The number of anilines is 1. The molecule has 0 unspecified atom stereocenters. The number of nitrogens with one attached hydrogen (secondary N) is 2. The van der Waals surface area contributed by atoms with Gasteiger partial charge in [0, 0.05) is 11.1 Å². The molecule has 124 valence electrons. The largest absolute Gasteiger partial charge is 0.337 e. The molecule has 2 N–H and O–H groups in total. The van der Waals surface area contributed by atoms with Gasteiger partial charge in [-0.1, -0.05) is 12.1 Å². The van der Waals surface area contributed by atoms with Crippen LogP contribution in [0.4, 0.5) is 10.1 Å². The first-order valence-corrected chi connectivity index (χ1v) is 8.54. The molecule has 0 bridgehead atoms. The Kier molecular flexibility index (Phi) is 3.99. The average molecular weight is 352 g/mol. The Morgan fingerprint density at radius 2 is 2.16 bits per heavy atom. The number of amides is 1. The van der Waals surface area contributed by atoms with Crippen LogP contribution in [0.2, 0.25) is 0 Å². The van der Waals surface area contributed by atoms with Gasteiger partial charge in [-0.25, -0.2) is 14.4 Å². The van der Waals surface area contributed by atoms with Crippen molar-refractivity contribution in [1.82, 2.24) is 15.0 Å². The highest BCUT2D eigenvalue weighted by atomic mass is 32.1. The van der Waals surface area contributed by atoms with Crippen LogP contribution in [-0.2, 0) is 11.2 Å². The van der Waals surface area contributed by atoms with Crippen molar-refractivity contribution < 1.29 is 9.18 Å². The van der Waals surface area contributed by atoms with Crippen LogP contribution >= 0.6 is 11.3 Å². The molecule has 0 aliphatic rings. The number of hydrogen-bond donors (Lipinski definition) is 2.